The fourth-order valence-electron chi connectivity index (χ4n) is 8.82. The Bertz CT molecular complexity index is 1400. The summed E-state index contributed by atoms with van der Waals surface area (Å²) in [7, 11) is -3.81. The van der Waals surface area contributed by atoms with Gasteiger partial charge in [-0.05, 0) is 117 Å². The molecule has 4 bridgehead atoms. The highest BCUT2D eigenvalue weighted by Gasteiger charge is 2.51. The lowest BCUT2D eigenvalue weighted by molar-refractivity contribution is -0.139. The molecule has 5 saturated carbocycles. The summed E-state index contributed by atoms with van der Waals surface area (Å²) in [5.41, 5.74) is 2.56. The van der Waals surface area contributed by atoms with E-state index in [2.05, 4.69) is 17.4 Å². The number of amides is 2. The first-order chi connectivity index (χ1) is 20.5. The van der Waals surface area contributed by atoms with Gasteiger partial charge in [0, 0.05) is 12.6 Å². The summed E-state index contributed by atoms with van der Waals surface area (Å²) in [6.07, 6.45) is 12.7. The topological polar surface area (TPSA) is 86.8 Å². The van der Waals surface area contributed by atoms with Crippen LogP contribution in [0.25, 0.3) is 0 Å². The van der Waals surface area contributed by atoms with Crippen LogP contribution in [0.5, 0.6) is 0 Å². The van der Waals surface area contributed by atoms with Crippen LogP contribution in [0.2, 0.25) is 0 Å². The molecule has 0 radical (unpaired) electrons. The summed E-state index contributed by atoms with van der Waals surface area (Å²) < 4.78 is 40.9. The Morgan fingerprint density at radius 1 is 0.930 bits per heavy atom. The van der Waals surface area contributed by atoms with Gasteiger partial charge in [0.1, 0.15) is 18.4 Å². The first kappa shape index (κ1) is 30.1. The molecular formula is C34H44FN3O4S. The number of hydrogen-bond donors (Lipinski definition) is 1. The number of rotatable bonds is 10. The molecule has 5 fully saturated rings. The quantitative estimate of drug-likeness (QED) is 0.384. The third kappa shape index (κ3) is 6.47. The average molecular weight is 610 g/mol. The van der Waals surface area contributed by atoms with Gasteiger partial charge in [0.25, 0.3) is 0 Å². The number of sulfonamides is 1. The van der Waals surface area contributed by atoms with E-state index in [9.17, 15) is 22.4 Å². The van der Waals surface area contributed by atoms with Crippen molar-refractivity contribution in [3.05, 3.63) is 65.5 Å². The van der Waals surface area contributed by atoms with Crippen LogP contribution in [0.15, 0.2) is 48.5 Å². The van der Waals surface area contributed by atoms with E-state index in [0.717, 1.165) is 54.0 Å². The lowest BCUT2D eigenvalue weighted by Gasteiger charge is -2.57. The molecule has 7 rings (SSSR count). The Morgan fingerprint density at radius 3 is 2.02 bits per heavy atom. The molecule has 0 unspecified atom stereocenters. The largest absolute Gasteiger partial charge is 0.352 e. The molecule has 5 aliphatic rings. The normalized spacial score (nSPS) is 27.2. The van der Waals surface area contributed by atoms with Crippen LogP contribution in [0.4, 0.5) is 10.1 Å². The summed E-state index contributed by atoms with van der Waals surface area (Å²) in [6, 6.07) is 12.8. The highest BCUT2D eigenvalue weighted by Crippen LogP contribution is 2.60. The molecule has 2 aromatic rings. The van der Waals surface area contributed by atoms with Crippen LogP contribution in [0, 0.1) is 23.6 Å². The lowest BCUT2D eigenvalue weighted by Crippen LogP contribution is -2.52. The van der Waals surface area contributed by atoms with Crippen LogP contribution in [-0.2, 0) is 31.6 Å². The molecule has 7 nitrogen and oxygen atoms in total. The number of carbonyl (C=O) groups is 2. The molecule has 5 aliphatic carbocycles. The third-order valence-corrected chi connectivity index (χ3v) is 11.8. The van der Waals surface area contributed by atoms with Gasteiger partial charge in [-0.1, -0.05) is 37.1 Å². The summed E-state index contributed by atoms with van der Waals surface area (Å²) in [5.74, 6) is 1.25. The zero-order valence-electron chi connectivity index (χ0n) is 25.3. The summed E-state index contributed by atoms with van der Waals surface area (Å²) >= 11 is 0. The summed E-state index contributed by atoms with van der Waals surface area (Å²) in [6.45, 7) is 1.29. The molecule has 0 spiro atoms. The van der Waals surface area contributed by atoms with Crippen LogP contribution < -0.4 is 9.62 Å². The molecule has 0 saturated heterocycles. The second-order valence-electron chi connectivity index (χ2n) is 13.8. The number of halogens is 1. The van der Waals surface area contributed by atoms with Crippen molar-refractivity contribution >= 4 is 27.5 Å². The van der Waals surface area contributed by atoms with Crippen molar-refractivity contribution in [2.24, 2.45) is 17.8 Å². The van der Waals surface area contributed by atoms with Crippen molar-refractivity contribution in [3.63, 3.8) is 0 Å². The zero-order chi connectivity index (χ0) is 30.4. The fourth-order valence-corrected chi connectivity index (χ4v) is 9.67. The van der Waals surface area contributed by atoms with Gasteiger partial charge in [-0.25, -0.2) is 12.8 Å². The van der Waals surface area contributed by atoms with Gasteiger partial charge < -0.3 is 10.2 Å². The highest BCUT2D eigenvalue weighted by molar-refractivity contribution is 7.92. The van der Waals surface area contributed by atoms with E-state index in [-0.39, 0.29) is 23.9 Å². The van der Waals surface area contributed by atoms with Crippen molar-refractivity contribution in [3.8, 4) is 0 Å². The van der Waals surface area contributed by atoms with E-state index >= 15 is 0 Å². The van der Waals surface area contributed by atoms with Crippen LogP contribution in [-0.4, -0.2) is 50.0 Å². The van der Waals surface area contributed by atoms with Crippen LogP contribution in [0.1, 0.15) is 82.3 Å². The Labute approximate surface area is 255 Å². The van der Waals surface area contributed by atoms with E-state index in [1.165, 1.54) is 61.1 Å². The molecule has 1 N–H and O–H groups in total. The first-order valence-electron chi connectivity index (χ1n) is 15.9. The maximum Gasteiger partial charge on any atom is 0.244 e. The van der Waals surface area contributed by atoms with Gasteiger partial charge in [-0.2, -0.15) is 0 Å². The van der Waals surface area contributed by atoms with Gasteiger partial charge in [-0.3, -0.25) is 13.9 Å². The minimum absolute atomic E-state index is 0.0565. The lowest BCUT2D eigenvalue weighted by atomic mass is 9.48. The van der Waals surface area contributed by atoms with Gasteiger partial charge in [0.15, 0.2) is 0 Å². The smallest absolute Gasteiger partial charge is 0.244 e. The third-order valence-electron chi connectivity index (χ3n) is 10.6. The fraction of sp³-hybridized carbons (Fsp3) is 0.588. The molecular weight excluding hydrogens is 565 g/mol. The molecule has 0 aliphatic heterocycles. The van der Waals surface area contributed by atoms with Crippen LogP contribution >= 0.6 is 0 Å². The summed E-state index contributed by atoms with van der Waals surface area (Å²) in [5, 5.41) is 3.06. The Balaban J connectivity index is 1.22. The van der Waals surface area contributed by atoms with E-state index in [1.807, 2.05) is 12.1 Å². The van der Waals surface area contributed by atoms with Gasteiger partial charge in [0.2, 0.25) is 21.8 Å². The van der Waals surface area contributed by atoms with Gasteiger partial charge in [0.05, 0.1) is 11.9 Å². The van der Waals surface area contributed by atoms with Gasteiger partial charge >= 0.3 is 0 Å². The van der Waals surface area contributed by atoms with Crippen molar-refractivity contribution in [2.75, 3.05) is 17.1 Å². The molecule has 232 valence electrons. The molecule has 43 heavy (non-hydrogen) atoms. The number of anilines is 1. The monoisotopic (exact) mass is 609 g/mol. The van der Waals surface area contributed by atoms with Crippen molar-refractivity contribution in [1.29, 1.82) is 0 Å². The van der Waals surface area contributed by atoms with Gasteiger partial charge in [-0.15, -0.1) is 0 Å². The van der Waals surface area contributed by atoms with Crippen LogP contribution in [0.3, 0.4) is 0 Å². The summed E-state index contributed by atoms with van der Waals surface area (Å²) in [4.78, 5) is 28.5. The number of hydrogen-bond acceptors (Lipinski definition) is 4. The molecule has 2 aromatic carbocycles. The Morgan fingerprint density at radius 2 is 1.49 bits per heavy atom. The molecule has 9 heteroatoms. The van der Waals surface area contributed by atoms with E-state index in [4.69, 9.17) is 0 Å². The van der Waals surface area contributed by atoms with E-state index in [0.29, 0.717) is 11.3 Å². The first-order valence-corrected chi connectivity index (χ1v) is 17.8. The predicted molar refractivity (Wildman–Crippen MR) is 165 cm³/mol. The minimum atomic E-state index is -3.81. The number of carbonyl (C=O) groups excluding carboxylic acids is 2. The molecule has 0 aromatic heterocycles. The maximum atomic E-state index is 13.9. The molecule has 0 heterocycles. The second kappa shape index (κ2) is 11.9. The number of nitrogens with one attached hydrogen (secondary N) is 1. The molecule has 2 amide bonds. The van der Waals surface area contributed by atoms with Crippen molar-refractivity contribution in [1.82, 2.24) is 10.2 Å². The second-order valence-corrected chi connectivity index (χ2v) is 15.7. The SMILES string of the molecule is C[C@H](C(=O)NC1CCCC1)N(Cc1ccc(F)cc1)C(=O)CN(c1ccc(C23CC4CC(CC(C4)C2)C3)cc1)S(C)(=O)=O. The average Bonchev–Trinajstić information content (AvgIpc) is 3.47. The Kier molecular flexibility index (Phi) is 8.31. The standard InChI is InChI=1S/C34H44FN3O4S/c1-23(33(40)36-30-5-3-4-6-30)37(21-24-7-11-29(35)12-8-24)32(39)22-38(43(2,41)42)31-13-9-28(10-14-31)34-18-25-15-26(19-34)17-27(16-25)20-34/h7-14,23,25-27,30H,3-6,15-22H2,1-2H3,(H,36,40)/t23-,25?,26?,27?,34?/m1/s1. The Hall–Kier alpha value is -2.94. The van der Waals surface area contributed by atoms with Crippen molar-refractivity contribution in [2.45, 2.75) is 95.2 Å². The maximum absolute atomic E-state index is 13.9. The zero-order valence-corrected chi connectivity index (χ0v) is 26.1. The van der Waals surface area contributed by atoms with E-state index in [1.54, 1.807) is 19.1 Å². The molecule has 1 atom stereocenters. The number of benzene rings is 2. The highest BCUT2D eigenvalue weighted by atomic mass is 32.2. The number of nitrogens with zero attached hydrogens (tertiary/aromatic N) is 2. The van der Waals surface area contributed by atoms with Crippen molar-refractivity contribution < 1.29 is 22.4 Å². The van der Waals surface area contributed by atoms with E-state index < -0.39 is 34.3 Å². The predicted octanol–water partition coefficient (Wildman–Crippen LogP) is 5.54. The minimum Gasteiger partial charge on any atom is -0.352 e.